The number of hydrogen-bond acceptors (Lipinski definition) is 9. The van der Waals surface area contributed by atoms with Crippen molar-refractivity contribution in [2.75, 3.05) is 24.2 Å². The smallest absolute Gasteiger partial charge is 0.316 e. The third-order valence-corrected chi connectivity index (χ3v) is 5.47. The molecule has 8 nitrogen and oxygen atoms in total. The van der Waals surface area contributed by atoms with Gasteiger partial charge in [0.25, 0.3) is 5.91 Å². The molecule has 0 aromatic carbocycles. The lowest BCUT2D eigenvalue weighted by Crippen LogP contribution is -2.27. The molecule has 134 valence electrons. The Morgan fingerprint density at radius 3 is 2.88 bits per heavy atom. The second-order valence-electron chi connectivity index (χ2n) is 4.50. The topological polar surface area (TPSA) is 110 Å². The van der Waals surface area contributed by atoms with Crippen LogP contribution < -0.4 is 10.6 Å². The molecule has 0 spiro atoms. The van der Waals surface area contributed by atoms with Gasteiger partial charge in [0, 0.05) is 13.0 Å². The quantitative estimate of drug-likeness (QED) is 0.376. The number of aromatic nitrogens is 2. The zero-order valence-electron chi connectivity index (χ0n) is 13.3. The van der Waals surface area contributed by atoms with E-state index in [0.717, 1.165) is 0 Å². The van der Waals surface area contributed by atoms with Crippen LogP contribution in [-0.2, 0) is 14.3 Å². The second-order valence-corrected chi connectivity index (χ2v) is 7.65. The average molecular weight is 401 g/mol. The lowest BCUT2D eigenvalue weighted by atomic mass is 10.4. The third kappa shape index (κ3) is 6.80. The largest absolute Gasteiger partial charge is 0.465 e. The highest BCUT2D eigenvalue weighted by atomic mass is 32.2. The van der Waals surface area contributed by atoms with E-state index in [1.165, 1.54) is 34.4 Å². The monoisotopic (exact) mass is 400 g/mol. The van der Waals surface area contributed by atoms with Crippen LogP contribution >= 0.6 is 34.4 Å². The Balaban J connectivity index is 1.68. The fraction of sp³-hybridized carbons (Fsp3) is 0.357. The minimum absolute atomic E-state index is 0.127. The van der Waals surface area contributed by atoms with Crippen LogP contribution in [0.5, 0.6) is 0 Å². The maximum absolute atomic E-state index is 11.8. The van der Waals surface area contributed by atoms with E-state index in [1.54, 1.807) is 19.1 Å². The fourth-order valence-electron chi connectivity index (χ4n) is 1.61. The molecule has 0 saturated carbocycles. The molecular weight excluding hydrogens is 384 g/mol. The molecule has 2 heterocycles. The van der Waals surface area contributed by atoms with Crippen LogP contribution in [0.15, 0.2) is 21.9 Å². The molecule has 25 heavy (non-hydrogen) atoms. The first-order chi connectivity index (χ1) is 12.1. The maximum Gasteiger partial charge on any atom is 0.316 e. The van der Waals surface area contributed by atoms with Crippen LogP contribution in [0.3, 0.4) is 0 Å². The van der Waals surface area contributed by atoms with Crippen molar-refractivity contribution in [2.45, 2.75) is 17.7 Å². The summed E-state index contributed by atoms with van der Waals surface area (Å²) in [7, 11) is 0. The summed E-state index contributed by atoms with van der Waals surface area (Å²) in [5, 5.41) is 15.2. The minimum Gasteiger partial charge on any atom is -0.465 e. The predicted molar refractivity (Wildman–Crippen MR) is 97.2 cm³/mol. The Kier molecular flexibility index (Phi) is 7.82. The van der Waals surface area contributed by atoms with Crippen molar-refractivity contribution >= 4 is 57.4 Å². The van der Waals surface area contributed by atoms with Crippen LogP contribution in [0, 0.1) is 0 Å². The van der Waals surface area contributed by atoms with Gasteiger partial charge in [-0.25, -0.2) is 0 Å². The van der Waals surface area contributed by atoms with Crippen LogP contribution in [0.2, 0.25) is 0 Å². The van der Waals surface area contributed by atoms with Crippen LogP contribution in [0.4, 0.5) is 5.13 Å². The number of ether oxygens (including phenoxy) is 1. The number of esters is 1. The summed E-state index contributed by atoms with van der Waals surface area (Å²) in [6, 6.07) is 3.51. The number of hydrogen-bond donors (Lipinski definition) is 2. The molecule has 11 heteroatoms. The van der Waals surface area contributed by atoms with E-state index in [1.807, 2.05) is 5.38 Å². The van der Waals surface area contributed by atoms with E-state index in [9.17, 15) is 14.4 Å². The fourth-order valence-corrected chi connectivity index (χ4v) is 3.81. The number of rotatable bonds is 9. The molecule has 0 atom stereocenters. The van der Waals surface area contributed by atoms with Gasteiger partial charge in [0.05, 0.1) is 17.2 Å². The number of thioether (sulfide) groups is 1. The van der Waals surface area contributed by atoms with Crippen molar-refractivity contribution in [3.63, 3.8) is 0 Å². The van der Waals surface area contributed by atoms with Crippen molar-refractivity contribution < 1.29 is 19.1 Å². The number of carbonyl (C=O) groups is 3. The van der Waals surface area contributed by atoms with E-state index in [2.05, 4.69) is 20.8 Å². The first-order valence-electron chi connectivity index (χ1n) is 7.32. The molecule has 0 fully saturated rings. The zero-order chi connectivity index (χ0) is 18.1. The number of anilines is 1. The van der Waals surface area contributed by atoms with Gasteiger partial charge in [-0.05, 0) is 18.4 Å². The van der Waals surface area contributed by atoms with Crippen molar-refractivity contribution in [1.29, 1.82) is 0 Å². The van der Waals surface area contributed by atoms with Crippen molar-refractivity contribution in [1.82, 2.24) is 15.5 Å². The highest BCUT2D eigenvalue weighted by Gasteiger charge is 2.11. The van der Waals surface area contributed by atoms with Gasteiger partial charge in [0.15, 0.2) is 4.34 Å². The highest BCUT2D eigenvalue weighted by molar-refractivity contribution is 8.01. The Bertz CT molecular complexity index is 717. The molecule has 0 aliphatic heterocycles. The van der Waals surface area contributed by atoms with Crippen LogP contribution in [0.1, 0.15) is 23.0 Å². The summed E-state index contributed by atoms with van der Waals surface area (Å²) < 4.78 is 5.38. The molecule has 2 amide bonds. The average Bonchev–Trinajstić information content (AvgIpc) is 3.25. The third-order valence-electron chi connectivity index (χ3n) is 2.65. The van der Waals surface area contributed by atoms with Crippen molar-refractivity contribution in [2.24, 2.45) is 0 Å². The van der Waals surface area contributed by atoms with Gasteiger partial charge in [0.1, 0.15) is 0 Å². The number of nitrogens with zero attached hydrogens (tertiary/aromatic N) is 2. The Morgan fingerprint density at radius 1 is 1.32 bits per heavy atom. The first kappa shape index (κ1) is 19.3. The van der Waals surface area contributed by atoms with E-state index in [-0.39, 0.29) is 36.5 Å². The molecule has 2 aromatic rings. The van der Waals surface area contributed by atoms with Crippen molar-refractivity contribution in [3.05, 3.63) is 22.4 Å². The molecular formula is C14H16N4O4S3. The first-order valence-corrected chi connectivity index (χ1v) is 10.00. The van der Waals surface area contributed by atoms with Gasteiger partial charge in [-0.3, -0.25) is 14.4 Å². The zero-order valence-corrected chi connectivity index (χ0v) is 15.8. The lowest BCUT2D eigenvalue weighted by Gasteiger charge is -2.03. The number of nitrogens with one attached hydrogen (secondary N) is 2. The molecule has 0 unspecified atom stereocenters. The standard InChI is InChI=1S/C14H16N4O4S3/c1-2-22-11(20)8-24-14-18-17-13(25-14)16-10(19)5-6-15-12(21)9-4-3-7-23-9/h3-4,7H,2,5-6,8H2,1H3,(H,15,21)(H,16,17,19). The summed E-state index contributed by atoms with van der Waals surface area (Å²) in [6.45, 7) is 2.30. The molecule has 2 aromatic heterocycles. The summed E-state index contributed by atoms with van der Waals surface area (Å²) in [5.74, 6) is -0.652. The normalized spacial score (nSPS) is 10.3. The van der Waals surface area contributed by atoms with Gasteiger partial charge in [-0.1, -0.05) is 29.2 Å². The molecule has 2 N–H and O–H groups in total. The molecule has 2 rings (SSSR count). The molecule has 0 bridgehead atoms. The van der Waals surface area contributed by atoms with Gasteiger partial charge < -0.3 is 15.4 Å². The van der Waals surface area contributed by atoms with Crippen molar-refractivity contribution in [3.8, 4) is 0 Å². The van der Waals surface area contributed by atoms with Gasteiger partial charge in [0.2, 0.25) is 11.0 Å². The van der Waals surface area contributed by atoms with Crippen LogP contribution in [0.25, 0.3) is 0 Å². The number of amides is 2. The molecule has 0 aliphatic rings. The molecule has 0 saturated heterocycles. The summed E-state index contributed by atoms with van der Waals surface area (Å²) in [6.07, 6.45) is 0.127. The number of thiophene rings is 1. The maximum atomic E-state index is 11.8. The Hall–Kier alpha value is -1.98. The van der Waals surface area contributed by atoms with Crippen LogP contribution in [-0.4, -0.2) is 46.9 Å². The second kappa shape index (κ2) is 10.1. The molecule has 0 radical (unpaired) electrons. The lowest BCUT2D eigenvalue weighted by molar-refractivity contribution is -0.139. The minimum atomic E-state index is -0.324. The van der Waals surface area contributed by atoms with E-state index < -0.39 is 0 Å². The van der Waals surface area contributed by atoms with Gasteiger partial charge in [-0.15, -0.1) is 21.5 Å². The predicted octanol–water partition coefficient (Wildman–Crippen LogP) is 2.01. The highest BCUT2D eigenvalue weighted by Crippen LogP contribution is 2.25. The van der Waals surface area contributed by atoms with Gasteiger partial charge >= 0.3 is 5.97 Å². The Morgan fingerprint density at radius 2 is 2.16 bits per heavy atom. The summed E-state index contributed by atoms with van der Waals surface area (Å²) >= 11 is 3.71. The van der Waals surface area contributed by atoms with E-state index in [0.29, 0.717) is 21.0 Å². The summed E-state index contributed by atoms with van der Waals surface area (Å²) in [4.78, 5) is 35.4. The summed E-state index contributed by atoms with van der Waals surface area (Å²) in [5.41, 5.74) is 0. The van der Waals surface area contributed by atoms with E-state index in [4.69, 9.17) is 4.74 Å². The van der Waals surface area contributed by atoms with Gasteiger partial charge in [-0.2, -0.15) is 0 Å². The molecule has 0 aliphatic carbocycles. The SMILES string of the molecule is CCOC(=O)CSc1nnc(NC(=O)CCNC(=O)c2cccs2)s1. The van der Waals surface area contributed by atoms with E-state index >= 15 is 0 Å². The number of carbonyl (C=O) groups excluding carboxylic acids is 3. The Labute approximate surface area is 156 Å².